The van der Waals surface area contributed by atoms with Gasteiger partial charge in [0.05, 0.1) is 17.8 Å². The minimum absolute atomic E-state index is 0.261. The molecule has 1 amide bonds. The van der Waals surface area contributed by atoms with Crippen molar-refractivity contribution in [3.63, 3.8) is 0 Å². The van der Waals surface area contributed by atoms with E-state index in [0.717, 1.165) is 5.69 Å². The molecule has 5 nitrogen and oxygen atoms in total. The highest BCUT2D eigenvalue weighted by atomic mass is 35.5. The highest BCUT2D eigenvalue weighted by Crippen LogP contribution is 2.17. The van der Waals surface area contributed by atoms with Crippen LogP contribution in [-0.2, 0) is 6.54 Å². The average Bonchev–Trinajstić information content (AvgIpc) is 2.37. The summed E-state index contributed by atoms with van der Waals surface area (Å²) in [6.07, 6.45) is 3.04. The maximum atomic E-state index is 11.9. The SMILES string of the molecule is Nc1cc(Cl)ccc1C(=O)NCc1ccncn1. The molecule has 1 aromatic heterocycles. The summed E-state index contributed by atoms with van der Waals surface area (Å²) < 4.78 is 0. The molecule has 0 fully saturated rings. The number of carbonyl (C=O) groups excluding carboxylic acids is 1. The second-order valence-corrected chi connectivity index (χ2v) is 4.05. The average molecular weight is 263 g/mol. The molecule has 3 N–H and O–H groups in total. The van der Waals surface area contributed by atoms with Crippen LogP contribution in [0.1, 0.15) is 16.1 Å². The van der Waals surface area contributed by atoms with Crippen LogP contribution in [0.3, 0.4) is 0 Å². The maximum Gasteiger partial charge on any atom is 0.253 e. The van der Waals surface area contributed by atoms with Gasteiger partial charge in [-0.15, -0.1) is 0 Å². The molecule has 1 heterocycles. The van der Waals surface area contributed by atoms with Crippen LogP contribution in [0, 0.1) is 0 Å². The zero-order chi connectivity index (χ0) is 13.0. The molecule has 0 radical (unpaired) electrons. The standard InChI is InChI=1S/C12H11ClN4O/c13-8-1-2-10(11(14)5-8)12(18)16-6-9-3-4-15-7-17-9/h1-5,7H,6,14H2,(H,16,18). The Morgan fingerprint density at radius 1 is 1.39 bits per heavy atom. The quantitative estimate of drug-likeness (QED) is 0.824. The topological polar surface area (TPSA) is 80.9 Å². The highest BCUT2D eigenvalue weighted by Gasteiger charge is 2.09. The second-order valence-electron chi connectivity index (χ2n) is 3.61. The van der Waals surface area contributed by atoms with E-state index in [0.29, 0.717) is 22.8 Å². The van der Waals surface area contributed by atoms with E-state index in [4.69, 9.17) is 17.3 Å². The summed E-state index contributed by atoms with van der Waals surface area (Å²) in [6, 6.07) is 6.48. The third-order valence-corrected chi connectivity index (χ3v) is 2.57. The van der Waals surface area contributed by atoms with Gasteiger partial charge in [0, 0.05) is 16.9 Å². The number of nitrogens with two attached hydrogens (primary N) is 1. The lowest BCUT2D eigenvalue weighted by Crippen LogP contribution is -2.24. The molecule has 0 unspecified atom stereocenters. The molecule has 92 valence electrons. The zero-order valence-corrected chi connectivity index (χ0v) is 10.2. The molecule has 0 bridgehead atoms. The molecule has 0 aliphatic carbocycles. The third kappa shape index (κ3) is 2.95. The van der Waals surface area contributed by atoms with Crippen molar-refractivity contribution in [3.05, 3.63) is 53.1 Å². The summed E-state index contributed by atoms with van der Waals surface area (Å²) in [7, 11) is 0. The first kappa shape index (κ1) is 12.3. The number of aromatic nitrogens is 2. The first-order valence-corrected chi connectivity index (χ1v) is 5.63. The van der Waals surface area contributed by atoms with Gasteiger partial charge in [-0.25, -0.2) is 9.97 Å². The van der Waals surface area contributed by atoms with Crippen LogP contribution in [0.25, 0.3) is 0 Å². The molecule has 2 aromatic rings. The van der Waals surface area contributed by atoms with E-state index in [1.807, 2.05) is 0 Å². The molecule has 0 aliphatic rings. The van der Waals surface area contributed by atoms with Crippen LogP contribution in [0.5, 0.6) is 0 Å². The Balaban J connectivity index is 2.04. The number of carbonyl (C=O) groups is 1. The Hall–Kier alpha value is -2.14. The molecule has 0 spiro atoms. The summed E-state index contributed by atoms with van der Waals surface area (Å²) in [5.41, 5.74) is 7.19. The van der Waals surface area contributed by atoms with Gasteiger partial charge in [0.1, 0.15) is 6.33 Å². The molecular weight excluding hydrogens is 252 g/mol. The predicted octanol–water partition coefficient (Wildman–Crippen LogP) is 1.64. The van der Waals surface area contributed by atoms with Crippen LogP contribution in [0.2, 0.25) is 5.02 Å². The Labute approximate surface area is 109 Å². The number of hydrogen-bond acceptors (Lipinski definition) is 4. The maximum absolute atomic E-state index is 11.9. The second kappa shape index (κ2) is 5.46. The fourth-order valence-corrected chi connectivity index (χ4v) is 1.61. The summed E-state index contributed by atoms with van der Waals surface area (Å²) in [6.45, 7) is 0.323. The number of amides is 1. The third-order valence-electron chi connectivity index (χ3n) is 2.33. The van der Waals surface area contributed by atoms with Crippen molar-refractivity contribution in [2.75, 3.05) is 5.73 Å². The molecule has 18 heavy (non-hydrogen) atoms. The number of nitrogen functional groups attached to an aromatic ring is 1. The minimum Gasteiger partial charge on any atom is -0.398 e. The van der Waals surface area contributed by atoms with Crippen molar-refractivity contribution in [1.29, 1.82) is 0 Å². The smallest absolute Gasteiger partial charge is 0.253 e. The number of rotatable bonds is 3. The largest absolute Gasteiger partial charge is 0.398 e. The summed E-state index contributed by atoms with van der Waals surface area (Å²) in [4.78, 5) is 19.7. The van der Waals surface area contributed by atoms with Crippen molar-refractivity contribution in [2.45, 2.75) is 6.54 Å². The highest BCUT2D eigenvalue weighted by molar-refractivity contribution is 6.31. The minimum atomic E-state index is -0.261. The van der Waals surface area contributed by atoms with Gasteiger partial charge in [0.25, 0.3) is 5.91 Å². The molecule has 0 aliphatic heterocycles. The van der Waals surface area contributed by atoms with E-state index < -0.39 is 0 Å². The van der Waals surface area contributed by atoms with E-state index in [2.05, 4.69) is 15.3 Å². The van der Waals surface area contributed by atoms with Crippen molar-refractivity contribution >= 4 is 23.2 Å². The van der Waals surface area contributed by atoms with E-state index in [9.17, 15) is 4.79 Å². The Bertz CT molecular complexity index is 559. The monoisotopic (exact) mass is 262 g/mol. The Kier molecular flexibility index (Phi) is 3.74. The molecule has 6 heteroatoms. The van der Waals surface area contributed by atoms with Crippen molar-refractivity contribution in [2.24, 2.45) is 0 Å². The zero-order valence-electron chi connectivity index (χ0n) is 9.43. The Morgan fingerprint density at radius 3 is 2.89 bits per heavy atom. The van der Waals surface area contributed by atoms with Gasteiger partial charge < -0.3 is 11.1 Å². The van der Waals surface area contributed by atoms with Gasteiger partial charge in [0.2, 0.25) is 0 Å². The normalized spacial score (nSPS) is 10.1. The molecule has 2 rings (SSSR count). The molecular formula is C12H11ClN4O. The summed E-state index contributed by atoms with van der Waals surface area (Å²) in [5, 5.41) is 3.22. The van der Waals surface area contributed by atoms with Crippen LogP contribution in [0.4, 0.5) is 5.69 Å². The van der Waals surface area contributed by atoms with E-state index in [1.54, 1.807) is 30.5 Å². The van der Waals surface area contributed by atoms with Crippen LogP contribution in [0.15, 0.2) is 36.8 Å². The molecule has 1 aromatic carbocycles. The van der Waals surface area contributed by atoms with Gasteiger partial charge in [-0.2, -0.15) is 0 Å². The lowest BCUT2D eigenvalue weighted by molar-refractivity contribution is 0.0951. The van der Waals surface area contributed by atoms with Gasteiger partial charge in [-0.1, -0.05) is 11.6 Å². The van der Waals surface area contributed by atoms with Crippen LogP contribution >= 0.6 is 11.6 Å². The van der Waals surface area contributed by atoms with Gasteiger partial charge in [0.15, 0.2) is 0 Å². The lowest BCUT2D eigenvalue weighted by Gasteiger charge is -2.07. The first-order chi connectivity index (χ1) is 8.66. The van der Waals surface area contributed by atoms with E-state index >= 15 is 0 Å². The number of halogens is 1. The van der Waals surface area contributed by atoms with E-state index in [-0.39, 0.29) is 5.91 Å². The number of benzene rings is 1. The first-order valence-electron chi connectivity index (χ1n) is 5.25. The predicted molar refractivity (Wildman–Crippen MR) is 69.1 cm³/mol. The van der Waals surface area contributed by atoms with E-state index in [1.165, 1.54) is 6.33 Å². The van der Waals surface area contributed by atoms with Crippen molar-refractivity contribution in [1.82, 2.24) is 15.3 Å². The molecule has 0 saturated carbocycles. The summed E-state index contributed by atoms with van der Waals surface area (Å²) >= 11 is 5.77. The number of anilines is 1. The lowest BCUT2D eigenvalue weighted by atomic mass is 10.1. The fourth-order valence-electron chi connectivity index (χ4n) is 1.43. The van der Waals surface area contributed by atoms with Crippen LogP contribution < -0.4 is 11.1 Å². The summed E-state index contributed by atoms with van der Waals surface area (Å²) in [5.74, 6) is -0.261. The number of nitrogens with one attached hydrogen (secondary N) is 1. The fraction of sp³-hybridized carbons (Fsp3) is 0.0833. The van der Waals surface area contributed by atoms with Gasteiger partial charge >= 0.3 is 0 Å². The Morgan fingerprint density at radius 2 is 2.22 bits per heavy atom. The number of hydrogen-bond donors (Lipinski definition) is 2. The van der Waals surface area contributed by atoms with Crippen LogP contribution in [-0.4, -0.2) is 15.9 Å². The number of nitrogens with zero attached hydrogens (tertiary/aromatic N) is 2. The van der Waals surface area contributed by atoms with Crippen molar-refractivity contribution < 1.29 is 4.79 Å². The van der Waals surface area contributed by atoms with Gasteiger partial charge in [-0.05, 0) is 24.3 Å². The molecule has 0 saturated heterocycles. The van der Waals surface area contributed by atoms with Crippen molar-refractivity contribution in [3.8, 4) is 0 Å². The molecule has 0 atom stereocenters. The van der Waals surface area contributed by atoms with Gasteiger partial charge in [-0.3, -0.25) is 4.79 Å².